The SMILES string of the molecule is COc1cc(C2CCCC2)nc(CC2CCCN2)n1. The summed E-state index contributed by atoms with van der Waals surface area (Å²) < 4.78 is 5.35. The number of aromatic nitrogens is 2. The zero-order valence-corrected chi connectivity index (χ0v) is 11.7. The lowest BCUT2D eigenvalue weighted by atomic mass is 10.0. The van der Waals surface area contributed by atoms with Crippen LogP contribution >= 0.6 is 0 Å². The fraction of sp³-hybridized carbons (Fsp3) is 0.733. The molecule has 1 saturated carbocycles. The van der Waals surface area contributed by atoms with E-state index in [0.29, 0.717) is 12.0 Å². The van der Waals surface area contributed by atoms with Crippen LogP contribution in [-0.4, -0.2) is 29.7 Å². The molecule has 0 bridgehead atoms. The maximum Gasteiger partial charge on any atom is 0.216 e. The van der Waals surface area contributed by atoms with Crippen LogP contribution in [0.5, 0.6) is 5.88 Å². The predicted molar refractivity (Wildman–Crippen MR) is 74.5 cm³/mol. The smallest absolute Gasteiger partial charge is 0.216 e. The predicted octanol–water partition coefficient (Wildman–Crippen LogP) is 2.44. The molecular formula is C15H23N3O. The standard InChI is InChI=1S/C15H23N3O/c1-19-15-10-13(11-5-2-3-6-11)17-14(18-15)9-12-7-4-8-16-12/h10-12,16H,2-9H2,1H3. The Morgan fingerprint density at radius 1 is 1.21 bits per heavy atom. The van der Waals surface area contributed by atoms with Gasteiger partial charge in [0, 0.05) is 24.4 Å². The minimum absolute atomic E-state index is 0.545. The van der Waals surface area contributed by atoms with Gasteiger partial charge in [0.05, 0.1) is 12.8 Å². The van der Waals surface area contributed by atoms with E-state index in [2.05, 4.69) is 10.3 Å². The summed E-state index contributed by atoms with van der Waals surface area (Å²) in [6.45, 7) is 1.13. The van der Waals surface area contributed by atoms with Gasteiger partial charge in [-0.15, -0.1) is 0 Å². The summed E-state index contributed by atoms with van der Waals surface area (Å²) in [6.07, 6.45) is 8.62. The van der Waals surface area contributed by atoms with Crippen molar-refractivity contribution in [1.82, 2.24) is 15.3 Å². The molecule has 0 spiro atoms. The van der Waals surface area contributed by atoms with Gasteiger partial charge in [-0.3, -0.25) is 0 Å². The van der Waals surface area contributed by atoms with E-state index < -0.39 is 0 Å². The van der Waals surface area contributed by atoms with E-state index in [1.165, 1.54) is 44.2 Å². The largest absolute Gasteiger partial charge is 0.481 e. The van der Waals surface area contributed by atoms with Crippen molar-refractivity contribution in [3.05, 3.63) is 17.6 Å². The molecular weight excluding hydrogens is 238 g/mol. The van der Waals surface area contributed by atoms with Gasteiger partial charge >= 0.3 is 0 Å². The average Bonchev–Trinajstić information content (AvgIpc) is 3.11. The summed E-state index contributed by atoms with van der Waals surface area (Å²) in [5.41, 5.74) is 1.19. The third-order valence-corrected chi connectivity index (χ3v) is 4.34. The fourth-order valence-electron chi connectivity index (χ4n) is 3.27. The second-order valence-electron chi connectivity index (χ2n) is 5.73. The van der Waals surface area contributed by atoms with Crippen LogP contribution in [0.25, 0.3) is 0 Å². The van der Waals surface area contributed by atoms with E-state index in [4.69, 9.17) is 9.72 Å². The second-order valence-corrected chi connectivity index (χ2v) is 5.73. The molecule has 2 heterocycles. The number of nitrogens with zero attached hydrogens (tertiary/aromatic N) is 2. The van der Waals surface area contributed by atoms with Gasteiger partial charge in [0.2, 0.25) is 5.88 Å². The molecule has 1 aliphatic heterocycles. The number of nitrogens with one attached hydrogen (secondary N) is 1. The molecule has 1 unspecified atom stereocenters. The number of ether oxygens (including phenoxy) is 1. The topological polar surface area (TPSA) is 47.0 Å². The monoisotopic (exact) mass is 261 g/mol. The number of methoxy groups -OCH3 is 1. The summed E-state index contributed by atoms with van der Waals surface area (Å²) in [5, 5.41) is 3.51. The summed E-state index contributed by atoms with van der Waals surface area (Å²) in [5.74, 6) is 2.29. The van der Waals surface area contributed by atoms with E-state index in [0.717, 1.165) is 24.7 Å². The van der Waals surface area contributed by atoms with E-state index in [9.17, 15) is 0 Å². The highest BCUT2D eigenvalue weighted by Gasteiger charge is 2.22. The summed E-state index contributed by atoms with van der Waals surface area (Å²) in [6, 6.07) is 2.57. The molecule has 2 fully saturated rings. The highest BCUT2D eigenvalue weighted by Crippen LogP contribution is 2.34. The maximum absolute atomic E-state index is 5.35. The van der Waals surface area contributed by atoms with Crippen LogP contribution in [0.1, 0.15) is 56.0 Å². The van der Waals surface area contributed by atoms with Crippen molar-refractivity contribution in [2.45, 2.75) is 56.9 Å². The van der Waals surface area contributed by atoms with Crippen molar-refractivity contribution in [2.24, 2.45) is 0 Å². The number of hydrogen-bond acceptors (Lipinski definition) is 4. The number of rotatable bonds is 4. The first-order chi connectivity index (χ1) is 9.35. The van der Waals surface area contributed by atoms with Crippen LogP contribution in [0.4, 0.5) is 0 Å². The summed E-state index contributed by atoms with van der Waals surface area (Å²) >= 11 is 0. The Hall–Kier alpha value is -1.16. The lowest BCUT2D eigenvalue weighted by molar-refractivity contribution is 0.391. The molecule has 0 radical (unpaired) electrons. The molecule has 4 heteroatoms. The molecule has 19 heavy (non-hydrogen) atoms. The zero-order valence-electron chi connectivity index (χ0n) is 11.7. The Balaban J connectivity index is 1.79. The molecule has 1 atom stereocenters. The van der Waals surface area contributed by atoms with E-state index in [1.54, 1.807) is 7.11 Å². The Labute approximate surface area is 115 Å². The minimum atomic E-state index is 0.545. The Morgan fingerprint density at radius 3 is 2.74 bits per heavy atom. The van der Waals surface area contributed by atoms with Crippen LogP contribution < -0.4 is 10.1 Å². The first-order valence-electron chi connectivity index (χ1n) is 7.50. The van der Waals surface area contributed by atoms with Crippen LogP contribution in [0.2, 0.25) is 0 Å². The molecule has 1 aromatic heterocycles. The van der Waals surface area contributed by atoms with Gasteiger partial charge in [-0.05, 0) is 32.2 Å². The van der Waals surface area contributed by atoms with Crippen LogP contribution in [0.3, 0.4) is 0 Å². The summed E-state index contributed by atoms with van der Waals surface area (Å²) in [7, 11) is 1.69. The third-order valence-electron chi connectivity index (χ3n) is 4.34. The van der Waals surface area contributed by atoms with Crippen molar-refractivity contribution in [1.29, 1.82) is 0 Å². The van der Waals surface area contributed by atoms with E-state index in [1.807, 2.05) is 6.07 Å². The van der Waals surface area contributed by atoms with Gasteiger partial charge in [-0.2, -0.15) is 4.98 Å². The van der Waals surface area contributed by atoms with Gasteiger partial charge < -0.3 is 10.1 Å². The fourth-order valence-corrected chi connectivity index (χ4v) is 3.27. The first-order valence-corrected chi connectivity index (χ1v) is 7.50. The molecule has 2 aliphatic rings. The first kappa shape index (κ1) is 12.9. The molecule has 0 aromatic carbocycles. The second kappa shape index (κ2) is 5.87. The molecule has 3 rings (SSSR count). The van der Waals surface area contributed by atoms with Crippen molar-refractivity contribution >= 4 is 0 Å². The van der Waals surface area contributed by atoms with Crippen LogP contribution in [0, 0.1) is 0 Å². The van der Waals surface area contributed by atoms with Gasteiger partial charge in [0.1, 0.15) is 5.82 Å². The van der Waals surface area contributed by atoms with E-state index in [-0.39, 0.29) is 0 Å². The maximum atomic E-state index is 5.35. The zero-order chi connectivity index (χ0) is 13.1. The average molecular weight is 261 g/mol. The highest BCUT2D eigenvalue weighted by molar-refractivity contribution is 5.20. The third kappa shape index (κ3) is 3.06. The molecule has 1 saturated heterocycles. The van der Waals surface area contributed by atoms with Gasteiger partial charge in [-0.1, -0.05) is 12.8 Å². The van der Waals surface area contributed by atoms with Crippen molar-refractivity contribution < 1.29 is 4.74 Å². The summed E-state index contributed by atoms with van der Waals surface area (Å²) in [4.78, 5) is 9.31. The molecule has 4 nitrogen and oxygen atoms in total. The van der Waals surface area contributed by atoms with Crippen molar-refractivity contribution in [3.8, 4) is 5.88 Å². The normalized spacial score (nSPS) is 23.9. The Morgan fingerprint density at radius 2 is 2.05 bits per heavy atom. The lowest BCUT2D eigenvalue weighted by Crippen LogP contribution is -2.25. The van der Waals surface area contributed by atoms with Crippen molar-refractivity contribution in [2.75, 3.05) is 13.7 Å². The molecule has 1 aliphatic carbocycles. The quantitative estimate of drug-likeness (QED) is 0.904. The lowest BCUT2D eigenvalue weighted by Gasteiger charge is -2.14. The van der Waals surface area contributed by atoms with Crippen molar-refractivity contribution in [3.63, 3.8) is 0 Å². The van der Waals surface area contributed by atoms with Gasteiger partial charge in [0.15, 0.2) is 0 Å². The Kier molecular flexibility index (Phi) is 3.97. The van der Waals surface area contributed by atoms with Gasteiger partial charge in [0.25, 0.3) is 0 Å². The number of hydrogen-bond donors (Lipinski definition) is 1. The van der Waals surface area contributed by atoms with Crippen LogP contribution in [-0.2, 0) is 6.42 Å². The highest BCUT2D eigenvalue weighted by atomic mass is 16.5. The van der Waals surface area contributed by atoms with Crippen LogP contribution in [0.15, 0.2) is 6.07 Å². The molecule has 1 aromatic rings. The molecule has 1 N–H and O–H groups in total. The minimum Gasteiger partial charge on any atom is -0.481 e. The molecule has 0 amide bonds. The molecule has 104 valence electrons. The Bertz CT molecular complexity index is 423. The van der Waals surface area contributed by atoms with E-state index >= 15 is 0 Å². The van der Waals surface area contributed by atoms with Gasteiger partial charge in [-0.25, -0.2) is 4.98 Å².